The van der Waals surface area contributed by atoms with E-state index in [1.165, 1.54) is 34.7 Å². The van der Waals surface area contributed by atoms with Gasteiger partial charge in [-0.05, 0) is 66.9 Å². The molecule has 6 aromatic rings. The van der Waals surface area contributed by atoms with Crippen molar-refractivity contribution in [3.05, 3.63) is 108 Å². The Morgan fingerprint density at radius 2 is 1.71 bits per heavy atom. The largest absolute Gasteiger partial charge is 0.486 e. The molecular formula is C36H35IrN3OSi-2. The number of nitrogens with zero attached hydrogens (tertiary/aromatic N) is 3. The monoisotopic (exact) mass is 746 g/mol. The second kappa shape index (κ2) is 12.8. The van der Waals surface area contributed by atoms with Crippen LogP contribution in [0.2, 0.25) is 19.6 Å². The first-order valence-electron chi connectivity index (χ1n) is 14.6. The number of fused-ring (bicyclic) bond motifs is 4. The summed E-state index contributed by atoms with van der Waals surface area (Å²) < 4.78 is 6.05. The van der Waals surface area contributed by atoms with Crippen molar-refractivity contribution in [3.8, 4) is 22.5 Å². The molecule has 0 unspecified atom stereocenters. The first-order chi connectivity index (χ1) is 19.9. The Kier molecular flexibility index (Phi) is 9.17. The van der Waals surface area contributed by atoms with E-state index in [4.69, 9.17) is 4.42 Å². The Morgan fingerprint density at radius 3 is 2.50 bits per heavy atom. The van der Waals surface area contributed by atoms with Crippen LogP contribution >= 0.6 is 0 Å². The smallest absolute Gasteiger partial charge is 0.216 e. The first kappa shape index (κ1) is 30.0. The van der Waals surface area contributed by atoms with Gasteiger partial charge in [-0.1, -0.05) is 60.3 Å². The SMILES string of the molecule is CCc1cc(-c2[c-]cccc2)ncc1[Si](C)(C)C.[Ir].[c-]1ccc2c(oc3ncccc32)c1-c1nccc2c1CCCC2. The summed E-state index contributed by atoms with van der Waals surface area (Å²) in [5, 5.41) is 3.60. The van der Waals surface area contributed by atoms with Gasteiger partial charge in [0.05, 0.1) is 13.7 Å². The van der Waals surface area contributed by atoms with Crippen LogP contribution in [0, 0.1) is 12.1 Å². The second-order valence-electron chi connectivity index (χ2n) is 11.7. The van der Waals surface area contributed by atoms with Crippen LogP contribution < -0.4 is 5.19 Å². The maximum absolute atomic E-state index is 6.05. The summed E-state index contributed by atoms with van der Waals surface area (Å²) in [5.41, 5.74) is 9.82. The molecule has 2 aromatic carbocycles. The summed E-state index contributed by atoms with van der Waals surface area (Å²) >= 11 is 0. The summed E-state index contributed by atoms with van der Waals surface area (Å²) in [6.45, 7) is 9.34. The van der Waals surface area contributed by atoms with Gasteiger partial charge in [0.25, 0.3) is 0 Å². The third-order valence-corrected chi connectivity index (χ3v) is 9.95. The Bertz CT molecular complexity index is 1830. The van der Waals surface area contributed by atoms with E-state index in [0.717, 1.165) is 58.1 Å². The molecule has 4 aromatic heterocycles. The van der Waals surface area contributed by atoms with Crippen LogP contribution in [0.5, 0.6) is 0 Å². The van der Waals surface area contributed by atoms with Crippen molar-refractivity contribution in [1.29, 1.82) is 0 Å². The Hall–Kier alpha value is -3.44. The molecule has 0 fully saturated rings. The number of hydrogen-bond donors (Lipinski definition) is 0. The van der Waals surface area contributed by atoms with Crippen LogP contribution in [0.3, 0.4) is 0 Å². The van der Waals surface area contributed by atoms with Crippen LogP contribution in [0.4, 0.5) is 0 Å². The molecule has 7 rings (SSSR count). The third kappa shape index (κ3) is 6.03. The van der Waals surface area contributed by atoms with Gasteiger partial charge in [0.1, 0.15) is 0 Å². The van der Waals surface area contributed by atoms with Crippen LogP contribution in [-0.4, -0.2) is 23.0 Å². The molecule has 0 N–H and O–H groups in total. The van der Waals surface area contributed by atoms with Gasteiger partial charge in [0.2, 0.25) is 5.71 Å². The van der Waals surface area contributed by atoms with E-state index in [0.29, 0.717) is 5.71 Å². The molecule has 215 valence electrons. The van der Waals surface area contributed by atoms with Gasteiger partial charge in [-0.3, -0.25) is 0 Å². The predicted octanol–water partition coefficient (Wildman–Crippen LogP) is 8.38. The molecule has 0 saturated carbocycles. The minimum Gasteiger partial charge on any atom is -0.486 e. The molecule has 0 spiro atoms. The number of benzene rings is 2. The maximum Gasteiger partial charge on any atom is 0.216 e. The van der Waals surface area contributed by atoms with Crippen molar-refractivity contribution in [2.75, 3.05) is 0 Å². The van der Waals surface area contributed by atoms with E-state index < -0.39 is 8.07 Å². The van der Waals surface area contributed by atoms with Crippen molar-refractivity contribution in [2.45, 2.75) is 58.7 Å². The quantitative estimate of drug-likeness (QED) is 0.135. The maximum atomic E-state index is 6.05. The van der Waals surface area contributed by atoms with E-state index >= 15 is 0 Å². The van der Waals surface area contributed by atoms with Gasteiger partial charge in [0.15, 0.2) is 0 Å². The molecule has 0 saturated heterocycles. The molecule has 1 aliphatic carbocycles. The fraction of sp³-hybridized carbons (Fsp3) is 0.250. The third-order valence-electron chi connectivity index (χ3n) is 7.89. The summed E-state index contributed by atoms with van der Waals surface area (Å²) in [5.74, 6) is 0. The fourth-order valence-electron chi connectivity index (χ4n) is 5.80. The molecule has 6 heteroatoms. The average Bonchev–Trinajstić information content (AvgIpc) is 3.40. The molecular weight excluding hydrogens is 711 g/mol. The van der Waals surface area contributed by atoms with E-state index in [2.05, 4.69) is 78.0 Å². The molecule has 1 aliphatic rings. The van der Waals surface area contributed by atoms with Crippen molar-refractivity contribution >= 4 is 35.3 Å². The summed E-state index contributed by atoms with van der Waals surface area (Å²) in [4.78, 5) is 13.6. The van der Waals surface area contributed by atoms with E-state index in [9.17, 15) is 0 Å². The first-order valence-corrected chi connectivity index (χ1v) is 18.1. The molecule has 1 radical (unpaired) electrons. The van der Waals surface area contributed by atoms with Gasteiger partial charge in [-0.2, -0.15) is 0 Å². The minimum absolute atomic E-state index is 0. The molecule has 0 aliphatic heterocycles. The Morgan fingerprint density at radius 1 is 0.857 bits per heavy atom. The number of rotatable bonds is 4. The minimum atomic E-state index is -1.30. The van der Waals surface area contributed by atoms with Gasteiger partial charge >= 0.3 is 0 Å². The molecule has 0 atom stereocenters. The van der Waals surface area contributed by atoms with Crippen LogP contribution in [0.25, 0.3) is 44.6 Å². The number of pyridine rings is 3. The second-order valence-corrected chi connectivity index (χ2v) is 16.7. The topological polar surface area (TPSA) is 51.8 Å². The van der Waals surface area contributed by atoms with Crippen molar-refractivity contribution < 1.29 is 24.5 Å². The van der Waals surface area contributed by atoms with Crippen molar-refractivity contribution in [2.24, 2.45) is 0 Å². The summed E-state index contributed by atoms with van der Waals surface area (Å²) in [6, 6.07) is 27.0. The zero-order valence-electron chi connectivity index (χ0n) is 24.6. The Balaban J connectivity index is 0.000000170. The summed E-state index contributed by atoms with van der Waals surface area (Å²) in [7, 11) is -1.30. The zero-order chi connectivity index (χ0) is 28.4. The predicted molar refractivity (Wildman–Crippen MR) is 171 cm³/mol. The number of hydrogen-bond acceptors (Lipinski definition) is 4. The van der Waals surface area contributed by atoms with E-state index in [1.54, 1.807) is 6.20 Å². The van der Waals surface area contributed by atoms with Gasteiger partial charge < -0.3 is 14.4 Å². The van der Waals surface area contributed by atoms with Gasteiger partial charge in [-0.25, -0.2) is 4.98 Å². The van der Waals surface area contributed by atoms with Crippen LogP contribution in [0.15, 0.2) is 83.7 Å². The zero-order valence-corrected chi connectivity index (χ0v) is 28.0. The van der Waals surface area contributed by atoms with Crippen LogP contribution in [0.1, 0.15) is 36.5 Å². The van der Waals surface area contributed by atoms with Crippen LogP contribution in [-0.2, 0) is 39.4 Å². The van der Waals surface area contributed by atoms with Gasteiger partial charge in [-0.15, -0.1) is 54.1 Å². The number of aromatic nitrogens is 3. The summed E-state index contributed by atoms with van der Waals surface area (Å²) in [6.07, 6.45) is 11.5. The molecule has 42 heavy (non-hydrogen) atoms. The average molecular weight is 746 g/mol. The van der Waals surface area contributed by atoms with E-state index in [-0.39, 0.29) is 20.1 Å². The standard InChI is InChI=1S/C20H15N2O.C16H20NSi.Ir/c1-2-6-14-13(5-1)10-12-21-18(14)17-8-3-7-15-16-9-4-11-22-20(16)23-19(15)17;1-5-13-11-15(14-9-7-6-8-10-14)17-12-16(13)18(2,3)4;/h3-4,7,9-12H,1-2,5-6H2;6-9,11-12H,5H2,1-4H3;/q2*-1;. The van der Waals surface area contributed by atoms with Crippen molar-refractivity contribution in [1.82, 2.24) is 15.0 Å². The van der Waals surface area contributed by atoms with E-state index in [1.807, 2.05) is 48.7 Å². The van der Waals surface area contributed by atoms with Crippen molar-refractivity contribution in [3.63, 3.8) is 0 Å². The number of aryl methyl sites for hydroxylation is 2. The molecule has 4 heterocycles. The van der Waals surface area contributed by atoms with Gasteiger partial charge in [0, 0.05) is 44.1 Å². The molecule has 4 nitrogen and oxygen atoms in total. The molecule has 0 bridgehead atoms. The fourth-order valence-corrected chi connectivity index (χ4v) is 7.46. The normalized spacial score (nSPS) is 12.8. The number of furan rings is 1. The Labute approximate surface area is 263 Å². The molecule has 0 amide bonds.